The van der Waals surface area contributed by atoms with Gasteiger partial charge in [-0.25, -0.2) is 23.8 Å². The third-order valence-electron chi connectivity index (χ3n) is 7.38. The number of methoxy groups -OCH3 is 1. The topological polar surface area (TPSA) is 95.1 Å². The van der Waals surface area contributed by atoms with Crippen molar-refractivity contribution in [2.24, 2.45) is 0 Å². The number of anilines is 5. The first-order chi connectivity index (χ1) is 19.7. The molecule has 0 aliphatic carbocycles. The van der Waals surface area contributed by atoms with Gasteiger partial charge in [0.2, 0.25) is 5.91 Å². The number of nitrogens with zero attached hydrogens (tertiary/aromatic N) is 5. The van der Waals surface area contributed by atoms with Crippen LogP contribution in [-0.2, 0) is 9.63 Å². The molecule has 0 radical (unpaired) electrons. The summed E-state index contributed by atoms with van der Waals surface area (Å²) in [4.78, 5) is 31.3. The summed E-state index contributed by atoms with van der Waals surface area (Å²) in [5.41, 5.74) is 2.45. The molecule has 2 aliphatic heterocycles. The van der Waals surface area contributed by atoms with Crippen molar-refractivity contribution in [3.63, 3.8) is 0 Å². The number of likely N-dealkylation sites (N-methyl/N-ethyl adjacent to an activating group) is 1. The number of hydrogen-bond donors (Lipinski definition) is 2. The average molecular weight is 566 g/mol. The number of hydrogen-bond acceptors (Lipinski definition) is 9. The molecule has 2 aliphatic rings. The monoisotopic (exact) mass is 565 g/mol. The molecule has 0 spiro atoms. The standard InChI is InChI=1S/C29H33F2N7O3/c1-5-29(39)35-22-13-23(26(40-4)14-25(22)37-8-7-36(3)18(2)16-37)34-27-15-28(33-17-32-27)38-24(6-9-41-38)19-10-20(30)12-21(31)11-19/h5,10-15,17-18,24H,1,6-9,16H2,2-4H3,(H,35,39)(H,32,33,34)/t18-,24-/m1/s1. The highest BCUT2D eigenvalue weighted by atomic mass is 19.1. The Balaban J connectivity index is 1.45. The SMILES string of the molecule is C=CC(=O)Nc1cc(Nc2cc(N3OCC[C@@H]3c3cc(F)cc(F)c3)ncn2)c(OC)cc1N1CCN(C)[C@H](C)C1. The van der Waals surface area contributed by atoms with Crippen molar-refractivity contribution in [2.75, 3.05) is 61.0 Å². The van der Waals surface area contributed by atoms with E-state index in [0.717, 1.165) is 31.4 Å². The van der Waals surface area contributed by atoms with Gasteiger partial charge in [-0.05, 0) is 43.8 Å². The second-order valence-corrected chi connectivity index (χ2v) is 10.1. The van der Waals surface area contributed by atoms with Crippen LogP contribution >= 0.6 is 0 Å². The summed E-state index contributed by atoms with van der Waals surface area (Å²) in [7, 11) is 3.67. The maximum Gasteiger partial charge on any atom is 0.247 e. The van der Waals surface area contributed by atoms with E-state index < -0.39 is 17.7 Å². The van der Waals surface area contributed by atoms with Gasteiger partial charge in [-0.15, -0.1) is 0 Å². The zero-order valence-corrected chi connectivity index (χ0v) is 23.2. The quantitative estimate of drug-likeness (QED) is 0.379. The fourth-order valence-corrected chi connectivity index (χ4v) is 5.09. The van der Waals surface area contributed by atoms with E-state index in [1.165, 1.54) is 29.6 Å². The summed E-state index contributed by atoms with van der Waals surface area (Å²) in [6, 6.07) is 8.69. The van der Waals surface area contributed by atoms with E-state index in [4.69, 9.17) is 9.57 Å². The van der Waals surface area contributed by atoms with Crippen molar-refractivity contribution >= 4 is 34.6 Å². The number of halogens is 2. The first-order valence-electron chi connectivity index (χ1n) is 13.3. The average Bonchev–Trinajstić information content (AvgIpc) is 3.45. The largest absolute Gasteiger partial charge is 0.494 e. The Kier molecular flexibility index (Phi) is 8.31. The molecule has 216 valence electrons. The summed E-state index contributed by atoms with van der Waals surface area (Å²) >= 11 is 0. The number of amides is 1. The first kappa shape index (κ1) is 28.2. The lowest BCUT2D eigenvalue weighted by Gasteiger charge is -2.39. The third-order valence-corrected chi connectivity index (χ3v) is 7.38. The number of nitrogens with one attached hydrogen (secondary N) is 2. The van der Waals surface area contributed by atoms with Crippen molar-refractivity contribution in [3.05, 3.63) is 72.6 Å². The normalized spacial score (nSPS) is 19.2. The van der Waals surface area contributed by atoms with E-state index in [1.54, 1.807) is 19.2 Å². The lowest BCUT2D eigenvalue weighted by molar-refractivity contribution is -0.111. The van der Waals surface area contributed by atoms with Gasteiger partial charge < -0.3 is 25.2 Å². The number of ether oxygens (including phenoxy) is 1. The van der Waals surface area contributed by atoms with Crippen molar-refractivity contribution in [1.82, 2.24) is 14.9 Å². The van der Waals surface area contributed by atoms with E-state index in [0.29, 0.717) is 53.4 Å². The van der Waals surface area contributed by atoms with E-state index in [2.05, 4.69) is 51.0 Å². The first-order valence-corrected chi connectivity index (χ1v) is 13.3. The molecule has 0 bridgehead atoms. The molecular weight excluding hydrogens is 532 g/mol. The highest BCUT2D eigenvalue weighted by Gasteiger charge is 2.30. The Labute approximate surface area is 237 Å². The molecule has 0 unspecified atom stereocenters. The van der Waals surface area contributed by atoms with Crippen LogP contribution in [-0.4, -0.2) is 67.2 Å². The van der Waals surface area contributed by atoms with Gasteiger partial charge >= 0.3 is 0 Å². The Morgan fingerprint density at radius 3 is 2.61 bits per heavy atom. The van der Waals surface area contributed by atoms with Crippen molar-refractivity contribution < 1.29 is 23.1 Å². The van der Waals surface area contributed by atoms with E-state index in [1.807, 2.05) is 6.07 Å². The second kappa shape index (κ2) is 12.1. The maximum atomic E-state index is 13.9. The number of carbonyl (C=O) groups excluding carboxylic acids is 1. The van der Waals surface area contributed by atoms with Crippen LogP contribution in [0, 0.1) is 11.6 Å². The Hall–Kier alpha value is -4.29. The van der Waals surface area contributed by atoms with Gasteiger partial charge in [0, 0.05) is 50.3 Å². The van der Waals surface area contributed by atoms with Crippen LogP contribution in [0.15, 0.2) is 55.4 Å². The summed E-state index contributed by atoms with van der Waals surface area (Å²) in [6.07, 6.45) is 3.12. The summed E-state index contributed by atoms with van der Waals surface area (Å²) in [5, 5.41) is 7.71. The number of rotatable bonds is 8. The van der Waals surface area contributed by atoms with Crippen LogP contribution in [0.2, 0.25) is 0 Å². The molecule has 12 heteroatoms. The van der Waals surface area contributed by atoms with Crippen LogP contribution in [0.4, 0.5) is 37.5 Å². The number of piperazine rings is 1. The molecule has 0 saturated carbocycles. The minimum Gasteiger partial charge on any atom is -0.494 e. The summed E-state index contributed by atoms with van der Waals surface area (Å²) < 4.78 is 33.6. The lowest BCUT2D eigenvalue weighted by atomic mass is 10.0. The fraction of sp³-hybridized carbons (Fsp3) is 0.345. The molecule has 2 atom stereocenters. The van der Waals surface area contributed by atoms with Gasteiger partial charge in [-0.2, -0.15) is 0 Å². The van der Waals surface area contributed by atoms with E-state index >= 15 is 0 Å². The van der Waals surface area contributed by atoms with Gasteiger partial charge in [0.15, 0.2) is 5.82 Å². The highest BCUT2D eigenvalue weighted by molar-refractivity contribution is 6.02. The maximum absolute atomic E-state index is 13.9. The number of benzene rings is 2. The van der Waals surface area contributed by atoms with Crippen LogP contribution in [0.5, 0.6) is 5.75 Å². The highest BCUT2D eigenvalue weighted by Crippen LogP contribution is 2.40. The second-order valence-electron chi connectivity index (χ2n) is 10.1. The molecule has 2 saturated heterocycles. The summed E-state index contributed by atoms with van der Waals surface area (Å²) in [5.74, 6) is -0.254. The zero-order chi connectivity index (χ0) is 29.1. The Bertz CT molecular complexity index is 1420. The molecule has 5 rings (SSSR count). The van der Waals surface area contributed by atoms with Crippen LogP contribution < -0.4 is 25.3 Å². The van der Waals surface area contributed by atoms with Crippen LogP contribution in [0.3, 0.4) is 0 Å². The van der Waals surface area contributed by atoms with Crippen molar-refractivity contribution in [2.45, 2.75) is 25.4 Å². The van der Waals surface area contributed by atoms with Gasteiger partial charge in [-0.1, -0.05) is 6.58 Å². The zero-order valence-electron chi connectivity index (χ0n) is 23.2. The summed E-state index contributed by atoms with van der Waals surface area (Å²) in [6.45, 7) is 8.55. The molecule has 41 heavy (non-hydrogen) atoms. The predicted octanol–water partition coefficient (Wildman–Crippen LogP) is 4.65. The van der Waals surface area contributed by atoms with E-state index in [9.17, 15) is 13.6 Å². The molecule has 3 aromatic rings. The molecular formula is C29H33F2N7O3. The Morgan fingerprint density at radius 1 is 1.12 bits per heavy atom. The minimum atomic E-state index is -0.655. The smallest absolute Gasteiger partial charge is 0.247 e. The molecule has 2 fully saturated rings. The number of carbonyl (C=O) groups is 1. The van der Waals surface area contributed by atoms with Crippen molar-refractivity contribution in [1.29, 1.82) is 0 Å². The fourth-order valence-electron chi connectivity index (χ4n) is 5.09. The third kappa shape index (κ3) is 6.23. The molecule has 2 aromatic carbocycles. The predicted molar refractivity (Wildman–Crippen MR) is 154 cm³/mol. The molecule has 3 heterocycles. The Morgan fingerprint density at radius 2 is 1.90 bits per heavy atom. The number of aromatic nitrogens is 2. The van der Waals surface area contributed by atoms with E-state index in [-0.39, 0.29) is 5.91 Å². The number of hydroxylamine groups is 1. The minimum absolute atomic E-state index is 0.329. The van der Waals surface area contributed by atoms with Crippen LogP contribution in [0.1, 0.15) is 24.9 Å². The van der Waals surface area contributed by atoms with Crippen LogP contribution in [0.25, 0.3) is 0 Å². The molecule has 10 nitrogen and oxygen atoms in total. The van der Waals surface area contributed by atoms with Crippen molar-refractivity contribution in [3.8, 4) is 5.75 Å². The van der Waals surface area contributed by atoms with Gasteiger partial charge in [0.05, 0.1) is 36.8 Å². The van der Waals surface area contributed by atoms with Gasteiger partial charge in [0.1, 0.15) is 29.5 Å². The molecule has 1 amide bonds. The molecule has 2 N–H and O–H groups in total. The van der Waals surface area contributed by atoms with Gasteiger partial charge in [0.25, 0.3) is 0 Å². The molecule has 1 aromatic heterocycles. The van der Waals surface area contributed by atoms with Gasteiger partial charge in [-0.3, -0.25) is 9.63 Å². The lowest BCUT2D eigenvalue weighted by Crippen LogP contribution is -2.50.